The first-order chi connectivity index (χ1) is 19.5. The van der Waals surface area contributed by atoms with Gasteiger partial charge in [0, 0.05) is 53.7 Å². The maximum atomic E-state index is 14.0. The fourth-order valence-electron chi connectivity index (χ4n) is 5.54. The smallest absolute Gasteiger partial charge is 0.407 e. The third kappa shape index (κ3) is 5.64. The molecular weight excluding hydrogens is 544 g/mol. The topological polar surface area (TPSA) is 121 Å². The van der Waals surface area contributed by atoms with Gasteiger partial charge in [-0.2, -0.15) is 0 Å². The van der Waals surface area contributed by atoms with Crippen molar-refractivity contribution < 1.29 is 24.2 Å². The van der Waals surface area contributed by atoms with Gasteiger partial charge in [-0.1, -0.05) is 41.9 Å². The number of aromatic nitrogens is 1. The molecule has 9 nitrogen and oxygen atoms in total. The fraction of sp³-hybridized carbons (Fsp3) is 0.355. The highest BCUT2D eigenvalue weighted by Crippen LogP contribution is 2.48. The number of hydrogen-bond donors (Lipinski definition) is 3. The predicted octanol–water partition coefficient (Wildman–Crippen LogP) is 4.28. The van der Waals surface area contributed by atoms with Crippen LogP contribution in [0.3, 0.4) is 0 Å². The molecule has 3 aromatic rings. The van der Waals surface area contributed by atoms with Crippen LogP contribution in [0.5, 0.6) is 0 Å². The third-order valence-corrected chi connectivity index (χ3v) is 7.62. The van der Waals surface area contributed by atoms with E-state index in [0.29, 0.717) is 41.1 Å². The average Bonchev–Trinajstić information content (AvgIpc) is 3.53. The monoisotopic (exact) mass is 576 g/mol. The molecule has 1 aliphatic heterocycles. The number of benzene rings is 2. The van der Waals surface area contributed by atoms with Crippen LogP contribution in [0.25, 0.3) is 11.1 Å². The molecule has 41 heavy (non-hydrogen) atoms. The summed E-state index contributed by atoms with van der Waals surface area (Å²) in [5.74, 6) is -0.857. The first kappa shape index (κ1) is 28.6. The van der Waals surface area contributed by atoms with Crippen molar-refractivity contribution in [3.8, 4) is 11.1 Å². The molecule has 1 fully saturated rings. The molecule has 10 heteroatoms. The number of likely N-dealkylation sites (tertiary alicyclic amines) is 1. The van der Waals surface area contributed by atoms with E-state index in [4.69, 9.17) is 16.3 Å². The number of alkyl carbamates (subject to hydrolysis) is 1. The lowest BCUT2D eigenvalue weighted by atomic mass is 9.90. The first-order valence-electron chi connectivity index (χ1n) is 13.6. The van der Waals surface area contributed by atoms with Crippen LogP contribution >= 0.6 is 11.6 Å². The number of halogens is 1. The van der Waals surface area contributed by atoms with Crippen molar-refractivity contribution in [2.45, 2.75) is 63.9 Å². The largest absolute Gasteiger partial charge is 0.444 e. The molecule has 0 radical (unpaired) electrons. The number of aliphatic hydroxyl groups is 1. The van der Waals surface area contributed by atoms with Crippen molar-refractivity contribution in [1.29, 1.82) is 0 Å². The molecule has 3 amide bonds. The van der Waals surface area contributed by atoms with Crippen molar-refractivity contribution in [1.82, 2.24) is 20.5 Å². The van der Waals surface area contributed by atoms with Crippen LogP contribution in [0.1, 0.15) is 55.9 Å². The highest BCUT2D eigenvalue weighted by molar-refractivity contribution is 6.30. The van der Waals surface area contributed by atoms with E-state index in [0.717, 1.165) is 16.7 Å². The van der Waals surface area contributed by atoms with Gasteiger partial charge >= 0.3 is 6.09 Å². The van der Waals surface area contributed by atoms with Gasteiger partial charge in [-0.25, -0.2) is 4.79 Å². The fourth-order valence-corrected chi connectivity index (χ4v) is 5.73. The van der Waals surface area contributed by atoms with E-state index < -0.39 is 29.2 Å². The number of nitrogens with zero attached hydrogens (tertiary/aromatic N) is 2. The number of pyridine rings is 1. The summed E-state index contributed by atoms with van der Waals surface area (Å²) in [6.07, 6.45) is 3.76. The maximum absolute atomic E-state index is 14.0. The standard InChI is InChI=1S/C31H33ClN4O5/c1-30(2,3)41-29(39)35-16-19-10-11-21(32)15-20(19)17-34-27(37)26-9-6-14-36(26)28(38)31(40)24-8-5-4-7-22(24)23-18-33-13-12-25(23)31/h4-5,7-8,10-13,15,18,26,40H,6,9,14,16-17H2,1-3H3,(H,34,37)(H,35,39)/t26-,31+/m0/s1. The molecule has 2 atom stereocenters. The number of hydrogen-bond acceptors (Lipinski definition) is 6. The maximum Gasteiger partial charge on any atom is 0.407 e. The van der Waals surface area contributed by atoms with E-state index in [9.17, 15) is 19.5 Å². The molecule has 0 spiro atoms. The van der Waals surface area contributed by atoms with Gasteiger partial charge in [0.25, 0.3) is 5.91 Å². The Bertz CT molecular complexity index is 1460. The molecule has 2 aliphatic rings. The summed E-state index contributed by atoms with van der Waals surface area (Å²) in [6, 6.07) is 13.4. The van der Waals surface area contributed by atoms with Crippen molar-refractivity contribution >= 4 is 29.5 Å². The van der Waals surface area contributed by atoms with Gasteiger partial charge in [0.2, 0.25) is 5.91 Å². The zero-order valence-electron chi connectivity index (χ0n) is 23.2. The van der Waals surface area contributed by atoms with Crippen LogP contribution in [-0.4, -0.2) is 51.1 Å². The molecule has 1 aromatic heterocycles. The van der Waals surface area contributed by atoms with Crippen molar-refractivity contribution in [3.63, 3.8) is 0 Å². The molecule has 0 unspecified atom stereocenters. The van der Waals surface area contributed by atoms with Crippen LogP contribution in [0, 0.1) is 0 Å². The van der Waals surface area contributed by atoms with Crippen LogP contribution in [0.15, 0.2) is 60.9 Å². The van der Waals surface area contributed by atoms with Gasteiger partial charge < -0.3 is 25.4 Å². The summed E-state index contributed by atoms with van der Waals surface area (Å²) in [7, 11) is 0. The van der Waals surface area contributed by atoms with Gasteiger partial charge in [0.1, 0.15) is 11.6 Å². The molecule has 2 heterocycles. The van der Waals surface area contributed by atoms with E-state index in [-0.39, 0.29) is 19.0 Å². The van der Waals surface area contributed by atoms with Crippen molar-refractivity contribution in [2.24, 2.45) is 0 Å². The Labute approximate surface area is 243 Å². The Hall–Kier alpha value is -3.95. The quantitative estimate of drug-likeness (QED) is 0.403. The molecular formula is C31H33ClN4O5. The number of amides is 3. The van der Waals surface area contributed by atoms with Gasteiger partial charge in [0.05, 0.1) is 0 Å². The lowest BCUT2D eigenvalue weighted by molar-refractivity contribution is -0.151. The minimum Gasteiger partial charge on any atom is -0.444 e. The van der Waals surface area contributed by atoms with Crippen LogP contribution in [0.2, 0.25) is 5.02 Å². The minimum atomic E-state index is -1.91. The first-order valence-corrected chi connectivity index (χ1v) is 14.0. The van der Waals surface area contributed by atoms with Gasteiger partial charge in [-0.3, -0.25) is 14.6 Å². The van der Waals surface area contributed by atoms with Gasteiger partial charge in [-0.15, -0.1) is 0 Å². The summed E-state index contributed by atoms with van der Waals surface area (Å²) in [5.41, 5.74) is 1.35. The van der Waals surface area contributed by atoms with E-state index in [2.05, 4.69) is 15.6 Å². The Morgan fingerprint density at radius 2 is 1.78 bits per heavy atom. The highest BCUT2D eigenvalue weighted by atomic mass is 35.5. The molecule has 214 valence electrons. The Morgan fingerprint density at radius 3 is 2.56 bits per heavy atom. The second kappa shape index (κ2) is 11.1. The second-order valence-corrected chi connectivity index (χ2v) is 11.8. The van der Waals surface area contributed by atoms with Crippen molar-refractivity contribution in [2.75, 3.05) is 6.54 Å². The zero-order chi connectivity index (χ0) is 29.4. The molecule has 5 rings (SSSR count). The minimum absolute atomic E-state index is 0.144. The Balaban J connectivity index is 1.31. The normalized spacial score (nSPS) is 19.3. The van der Waals surface area contributed by atoms with Crippen LogP contribution in [-0.2, 0) is 33.0 Å². The van der Waals surface area contributed by atoms with Crippen molar-refractivity contribution in [3.05, 3.63) is 88.2 Å². The number of fused-ring (bicyclic) bond motifs is 3. The molecule has 0 saturated carbocycles. The number of carbonyl (C=O) groups is 3. The van der Waals surface area contributed by atoms with Crippen LogP contribution < -0.4 is 10.6 Å². The predicted molar refractivity (Wildman–Crippen MR) is 154 cm³/mol. The molecule has 3 N–H and O–H groups in total. The summed E-state index contributed by atoms with van der Waals surface area (Å²) in [4.78, 5) is 45.3. The van der Waals surface area contributed by atoms with Gasteiger partial charge in [0.15, 0.2) is 5.60 Å². The van der Waals surface area contributed by atoms with Gasteiger partial charge in [-0.05, 0) is 68.5 Å². The Kier molecular flexibility index (Phi) is 7.76. The third-order valence-electron chi connectivity index (χ3n) is 7.39. The summed E-state index contributed by atoms with van der Waals surface area (Å²) in [5, 5.41) is 18.1. The highest BCUT2D eigenvalue weighted by Gasteiger charge is 2.52. The molecule has 1 saturated heterocycles. The zero-order valence-corrected chi connectivity index (χ0v) is 24.0. The van der Waals surface area contributed by atoms with E-state index in [1.165, 1.54) is 4.90 Å². The number of carbonyl (C=O) groups excluding carboxylic acids is 3. The number of rotatable bonds is 6. The SMILES string of the molecule is CC(C)(C)OC(=O)NCc1ccc(Cl)cc1CNC(=O)[C@@H]1CCCN1C(=O)[C@@]1(O)c2ccccc2-c2cnccc21. The van der Waals surface area contributed by atoms with Crippen LogP contribution in [0.4, 0.5) is 4.79 Å². The summed E-state index contributed by atoms with van der Waals surface area (Å²) < 4.78 is 5.31. The molecule has 2 aromatic carbocycles. The summed E-state index contributed by atoms with van der Waals surface area (Å²) in [6.45, 7) is 6.04. The Morgan fingerprint density at radius 1 is 1.05 bits per heavy atom. The second-order valence-electron chi connectivity index (χ2n) is 11.3. The molecule has 1 aliphatic carbocycles. The lowest BCUT2D eigenvalue weighted by Crippen LogP contribution is -2.52. The average molecular weight is 577 g/mol. The number of nitrogens with one attached hydrogen (secondary N) is 2. The van der Waals surface area contributed by atoms with E-state index in [1.54, 1.807) is 69.6 Å². The number of ether oxygens (including phenoxy) is 1. The lowest BCUT2D eigenvalue weighted by Gasteiger charge is -2.32. The van der Waals surface area contributed by atoms with E-state index in [1.807, 2.05) is 12.1 Å². The summed E-state index contributed by atoms with van der Waals surface area (Å²) >= 11 is 6.23. The molecule has 0 bridgehead atoms. The van der Waals surface area contributed by atoms with E-state index >= 15 is 0 Å².